The van der Waals surface area contributed by atoms with Crippen molar-refractivity contribution in [3.05, 3.63) is 78.4 Å². The van der Waals surface area contributed by atoms with Gasteiger partial charge in [0.25, 0.3) is 11.8 Å². The molecule has 0 radical (unpaired) electrons. The zero-order chi connectivity index (χ0) is 19.7. The number of imide groups is 2. The molecular formula is C20H14N4O4. The van der Waals surface area contributed by atoms with Crippen molar-refractivity contribution in [1.82, 2.24) is 14.9 Å². The SMILES string of the molecule is O=C1NC(=O)N(c2cccnc2)C(=O)/C1=C/c1cccn1-c1ccc(O)cc1. The summed E-state index contributed by atoms with van der Waals surface area (Å²) < 4.78 is 1.75. The number of aromatic nitrogens is 2. The van der Waals surface area contributed by atoms with Gasteiger partial charge in [-0.2, -0.15) is 0 Å². The number of nitrogens with zero attached hydrogens (tertiary/aromatic N) is 3. The minimum atomic E-state index is -0.825. The number of anilines is 1. The fourth-order valence-corrected chi connectivity index (χ4v) is 2.89. The summed E-state index contributed by atoms with van der Waals surface area (Å²) in [6.45, 7) is 0. The lowest BCUT2D eigenvalue weighted by molar-refractivity contribution is -0.122. The third-order valence-corrected chi connectivity index (χ3v) is 4.21. The maximum Gasteiger partial charge on any atom is 0.336 e. The van der Waals surface area contributed by atoms with E-state index in [1.54, 1.807) is 47.2 Å². The molecule has 8 heteroatoms. The lowest BCUT2D eigenvalue weighted by Gasteiger charge is -2.26. The first kappa shape index (κ1) is 17.2. The number of amides is 4. The van der Waals surface area contributed by atoms with E-state index in [-0.39, 0.29) is 17.0 Å². The summed E-state index contributed by atoms with van der Waals surface area (Å²) in [6, 6.07) is 12.3. The second-order valence-corrected chi connectivity index (χ2v) is 5.99. The Morgan fingerprint density at radius 2 is 1.75 bits per heavy atom. The van der Waals surface area contributed by atoms with E-state index in [0.717, 1.165) is 10.6 Å². The lowest BCUT2D eigenvalue weighted by Crippen LogP contribution is -2.54. The largest absolute Gasteiger partial charge is 0.508 e. The zero-order valence-electron chi connectivity index (χ0n) is 14.4. The highest BCUT2D eigenvalue weighted by molar-refractivity contribution is 6.39. The number of pyridine rings is 1. The van der Waals surface area contributed by atoms with Crippen LogP contribution in [0, 0.1) is 0 Å². The van der Waals surface area contributed by atoms with Crippen LogP contribution in [0.4, 0.5) is 10.5 Å². The Labute approximate surface area is 159 Å². The smallest absolute Gasteiger partial charge is 0.336 e. The van der Waals surface area contributed by atoms with Gasteiger partial charge >= 0.3 is 6.03 Å². The molecule has 1 aliphatic heterocycles. The second-order valence-electron chi connectivity index (χ2n) is 5.99. The highest BCUT2D eigenvalue weighted by atomic mass is 16.3. The molecule has 0 bridgehead atoms. The van der Waals surface area contributed by atoms with E-state index in [0.29, 0.717) is 5.69 Å². The summed E-state index contributed by atoms with van der Waals surface area (Å²) in [4.78, 5) is 42.1. The number of rotatable bonds is 3. The number of benzene rings is 1. The van der Waals surface area contributed by atoms with Gasteiger partial charge in [-0.05, 0) is 54.6 Å². The van der Waals surface area contributed by atoms with Crippen LogP contribution in [-0.4, -0.2) is 32.5 Å². The van der Waals surface area contributed by atoms with E-state index in [4.69, 9.17) is 0 Å². The van der Waals surface area contributed by atoms with Gasteiger partial charge in [-0.25, -0.2) is 9.69 Å². The molecule has 2 aromatic heterocycles. The van der Waals surface area contributed by atoms with E-state index in [1.165, 1.54) is 30.6 Å². The molecule has 0 spiro atoms. The van der Waals surface area contributed by atoms with Crippen LogP contribution in [0.2, 0.25) is 0 Å². The van der Waals surface area contributed by atoms with Crippen LogP contribution in [-0.2, 0) is 9.59 Å². The molecule has 28 heavy (non-hydrogen) atoms. The van der Waals surface area contributed by atoms with Crippen molar-refractivity contribution in [2.75, 3.05) is 4.90 Å². The lowest BCUT2D eigenvalue weighted by atomic mass is 10.1. The summed E-state index contributed by atoms with van der Waals surface area (Å²) in [6.07, 6.45) is 6.06. The molecule has 0 atom stereocenters. The zero-order valence-corrected chi connectivity index (χ0v) is 14.4. The molecule has 1 aromatic carbocycles. The summed E-state index contributed by atoms with van der Waals surface area (Å²) in [5, 5.41) is 11.6. The number of aromatic hydroxyl groups is 1. The average Bonchev–Trinajstić information content (AvgIpc) is 3.15. The fourth-order valence-electron chi connectivity index (χ4n) is 2.89. The average molecular weight is 374 g/mol. The van der Waals surface area contributed by atoms with Gasteiger partial charge in [-0.3, -0.25) is 19.9 Å². The molecule has 0 aliphatic carbocycles. The summed E-state index contributed by atoms with van der Waals surface area (Å²) in [7, 11) is 0. The molecule has 8 nitrogen and oxygen atoms in total. The van der Waals surface area contributed by atoms with Crippen LogP contribution in [0.15, 0.2) is 72.7 Å². The van der Waals surface area contributed by atoms with Crippen LogP contribution >= 0.6 is 0 Å². The van der Waals surface area contributed by atoms with Crippen molar-refractivity contribution in [3.8, 4) is 11.4 Å². The number of hydrogen-bond acceptors (Lipinski definition) is 5. The van der Waals surface area contributed by atoms with Gasteiger partial charge in [-0.15, -0.1) is 0 Å². The van der Waals surface area contributed by atoms with Crippen LogP contribution < -0.4 is 10.2 Å². The second kappa shape index (κ2) is 6.84. The summed E-state index contributed by atoms with van der Waals surface area (Å²) in [5.41, 5.74) is 1.38. The van der Waals surface area contributed by atoms with E-state index < -0.39 is 17.8 Å². The Balaban J connectivity index is 1.74. The quantitative estimate of drug-likeness (QED) is 0.540. The molecular weight excluding hydrogens is 360 g/mol. The van der Waals surface area contributed by atoms with E-state index in [9.17, 15) is 19.5 Å². The highest BCUT2D eigenvalue weighted by Gasteiger charge is 2.37. The van der Waals surface area contributed by atoms with E-state index >= 15 is 0 Å². The Bertz CT molecular complexity index is 1100. The van der Waals surface area contributed by atoms with Crippen molar-refractivity contribution < 1.29 is 19.5 Å². The van der Waals surface area contributed by atoms with Crippen molar-refractivity contribution in [3.63, 3.8) is 0 Å². The van der Waals surface area contributed by atoms with Crippen LogP contribution in [0.3, 0.4) is 0 Å². The number of urea groups is 1. The summed E-state index contributed by atoms with van der Waals surface area (Å²) >= 11 is 0. The Morgan fingerprint density at radius 3 is 2.46 bits per heavy atom. The third kappa shape index (κ3) is 3.03. The fraction of sp³-hybridized carbons (Fsp3) is 0. The Kier molecular flexibility index (Phi) is 4.21. The van der Waals surface area contributed by atoms with E-state index in [1.807, 2.05) is 0 Å². The molecule has 4 amide bonds. The molecule has 1 aliphatic rings. The van der Waals surface area contributed by atoms with Gasteiger partial charge in [0.1, 0.15) is 11.3 Å². The highest BCUT2D eigenvalue weighted by Crippen LogP contribution is 2.23. The standard InChI is InChI=1S/C20H14N4O4/c25-16-7-5-13(6-8-16)23-10-2-4-14(23)11-17-18(26)22-20(28)24(19(17)27)15-3-1-9-21-12-15/h1-12,25H,(H,22,26,28)/b17-11+. The Morgan fingerprint density at radius 1 is 0.964 bits per heavy atom. The number of phenolic OH excluding ortho intramolecular Hbond substituents is 1. The predicted octanol–water partition coefficient (Wildman–Crippen LogP) is 2.24. The molecule has 3 aromatic rings. The predicted molar refractivity (Wildman–Crippen MR) is 101 cm³/mol. The number of nitrogens with one attached hydrogen (secondary N) is 1. The molecule has 2 N–H and O–H groups in total. The van der Waals surface area contributed by atoms with E-state index in [2.05, 4.69) is 10.3 Å². The molecule has 1 saturated heterocycles. The van der Waals surface area contributed by atoms with Crippen molar-refractivity contribution in [2.45, 2.75) is 0 Å². The number of carbonyl (C=O) groups is 3. The van der Waals surface area contributed by atoms with Crippen LogP contribution in [0.1, 0.15) is 5.69 Å². The Hall–Kier alpha value is -4.20. The minimum Gasteiger partial charge on any atom is -0.508 e. The molecule has 3 heterocycles. The van der Waals surface area contributed by atoms with Crippen molar-refractivity contribution in [1.29, 1.82) is 0 Å². The number of hydrogen-bond donors (Lipinski definition) is 2. The van der Waals surface area contributed by atoms with Gasteiger partial charge in [0.15, 0.2) is 0 Å². The van der Waals surface area contributed by atoms with Crippen molar-refractivity contribution in [2.24, 2.45) is 0 Å². The topological polar surface area (TPSA) is 105 Å². The normalized spacial score (nSPS) is 15.8. The summed E-state index contributed by atoms with van der Waals surface area (Å²) in [5.74, 6) is -1.38. The maximum absolute atomic E-state index is 12.9. The third-order valence-electron chi connectivity index (χ3n) is 4.21. The van der Waals surface area contributed by atoms with Gasteiger partial charge in [0.2, 0.25) is 0 Å². The van der Waals surface area contributed by atoms with Crippen LogP contribution in [0.5, 0.6) is 5.75 Å². The minimum absolute atomic E-state index is 0.128. The number of phenols is 1. The monoisotopic (exact) mass is 374 g/mol. The molecule has 4 rings (SSSR count). The maximum atomic E-state index is 12.9. The first-order chi connectivity index (χ1) is 13.5. The number of carbonyl (C=O) groups excluding carboxylic acids is 3. The molecule has 0 unspecified atom stereocenters. The first-order valence-electron chi connectivity index (χ1n) is 8.33. The van der Waals surface area contributed by atoms with Gasteiger partial charge in [0.05, 0.1) is 11.9 Å². The van der Waals surface area contributed by atoms with Gasteiger partial charge < -0.3 is 9.67 Å². The first-order valence-corrected chi connectivity index (χ1v) is 8.33. The molecule has 0 saturated carbocycles. The molecule has 138 valence electrons. The molecule has 1 fully saturated rings. The number of barbiturate groups is 1. The van der Waals surface area contributed by atoms with Crippen molar-refractivity contribution >= 4 is 29.6 Å². The van der Waals surface area contributed by atoms with Crippen LogP contribution in [0.25, 0.3) is 11.8 Å². The van der Waals surface area contributed by atoms with Gasteiger partial charge in [-0.1, -0.05) is 0 Å². The van der Waals surface area contributed by atoms with Gasteiger partial charge in [0, 0.05) is 23.8 Å².